The molecule has 1 aliphatic rings. The van der Waals surface area contributed by atoms with Crippen LogP contribution in [0.2, 0.25) is 5.02 Å². The molecule has 1 heterocycles. The highest BCUT2D eigenvalue weighted by Gasteiger charge is 2.18. The van der Waals surface area contributed by atoms with Gasteiger partial charge in [0.05, 0.1) is 5.69 Å². The maximum absolute atomic E-state index is 14.1. The van der Waals surface area contributed by atoms with Crippen molar-refractivity contribution < 1.29 is 14.0 Å². The number of carbonyl (C=O) groups excluding carboxylic acids is 2. The Labute approximate surface area is 196 Å². The van der Waals surface area contributed by atoms with E-state index in [0.29, 0.717) is 22.5 Å². The van der Waals surface area contributed by atoms with Gasteiger partial charge in [0.2, 0.25) is 0 Å². The van der Waals surface area contributed by atoms with Crippen LogP contribution in [0.1, 0.15) is 44.7 Å². The van der Waals surface area contributed by atoms with Gasteiger partial charge in [-0.1, -0.05) is 54.1 Å². The van der Waals surface area contributed by atoms with Crippen LogP contribution < -0.4 is 5.32 Å². The van der Waals surface area contributed by atoms with Gasteiger partial charge >= 0.3 is 0 Å². The Morgan fingerprint density at radius 3 is 2.33 bits per heavy atom. The Morgan fingerprint density at radius 1 is 0.970 bits per heavy atom. The molecule has 1 fully saturated rings. The average molecular weight is 464 g/mol. The average Bonchev–Trinajstić information content (AvgIpc) is 3.36. The van der Waals surface area contributed by atoms with Gasteiger partial charge in [0, 0.05) is 41.2 Å². The van der Waals surface area contributed by atoms with Crippen molar-refractivity contribution in [3.63, 3.8) is 0 Å². The van der Waals surface area contributed by atoms with Gasteiger partial charge in [-0.25, -0.2) is 4.39 Å². The highest BCUT2D eigenvalue weighted by Crippen LogP contribution is 2.21. The van der Waals surface area contributed by atoms with Gasteiger partial charge in [0.15, 0.2) is 5.78 Å². The number of halogens is 2. The van der Waals surface area contributed by atoms with Crippen molar-refractivity contribution in [1.82, 2.24) is 4.90 Å². The van der Waals surface area contributed by atoms with E-state index in [1.165, 1.54) is 12.1 Å². The van der Waals surface area contributed by atoms with Crippen LogP contribution in [0.4, 0.5) is 10.1 Å². The lowest BCUT2D eigenvalue weighted by molar-refractivity contribution is 0.0992. The largest absolute Gasteiger partial charge is 0.357 e. The van der Waals surface area contributed by atoms with E-state index in [2.05, 4.69) is 5.32 Å². The first-order chi connectivity index (χ1) is 15.9. The molecular weight excluding hydrogens is 441 g/mol. The number of likely N-dealkylation sites (tertiary alicyclic amines) is 1. The van der Waals surface area contributed by atoms with E-state index >= 15 is 0 Å². The summed E-state index contributed by atoms with van der Waals surface area (Å²) in [4.78, 5) is 27.7. The monoisotopic (exact) mass is 463 g/mol. The number of nitrogens with one attached hydrogen (secondary N) is 2. The van der Waals surface area contributed by atoms with Gasteiger partial charge < -0.3 is 10.2 Å². The van der Waals surface area contributed by atoms with Crippen molar-refractivity contribution in [2.24, 2.45) is 0 Å². The third kappa shape index (κ3) is 5.29. The Morgan fingerprint density at radius 2 is 1.64 bits per heavy atom. The quantitative estimate of drug-likeness (QED) is 0.285. The van der Waals surface area contributed by atoms with E-state index in [9.17, 15) is 14.0 Å². The van der Waals surface area contributed by atoms with Crippen LogP contribution in [0.15, 0.2) is 66.7 Å². The number of ketones is 1. The minimum absolute atomic E-state index is 0.0153. The second-order valence-electron chi connectivity index (χ2n) is 7.96. The molecule has 3 aromatic carbocycles. The molecule has 1 aliphatic heterocycles. The fourth-order valence-electron chi connectivity index (χ4n) is 3.89. The number of anilines is 1. The molecule has 0 atom stereocenters. The van der Waals surface area contributed by atoms with Crippen molar-refractivity contribution >= 4 is 34.8 Å². The summed E-state index contributed by atoms with van der Waals surface area (Å²) in [5, 5.41) is 11.1. The Hall–Kier alpha value is -3.51. The highest BCUT2D eigenvalue weighted by atomic mass is 35.5. The molecule has 2 N–H and O–H groups in total. The Balaban J connectivity index is 1.47. The van der Waals surface area contributed by atoms with Crippen LogP contribution in [-0.2, 0) is 6.42 Å². The number of hydrogen-bond acceptors (Lipinski definition) is 3. The number of hydrogen-bond donors (Lipinski definition) is 2. The molecule has 1 amide bonds. The van der Waals surface area contributed by atoms with Gasteiger partial charge in [-0.2, -0.15) is 0 Å². The summed E-state index contributed by atoms with van der Waals surface area (Å²) in [7, 11) is 0. The number of carbonyl (C=O) groups is 2. The summed E-state index contributed by atoms with van der Waals surface area (Å²) in [6, 6.07) is 17.8. The van der Waals surface area contributed by atoms with Crippen LogP contribution in [0.5, 0.6) is 0 Å². The van der Waals surface area contributed by atoms with E-state index in [0.717, 1.165) is 37.6 Å². The molecule has 0 aliphatic carbocycles. The number of amidine groups is 1. The molecule has 7 heteroatoms. The standard InChI is InChI=1S/C26H23ClFN3O2/c27-20-11-12-23(22(28)16-20)30-26(33)21-6-2-1-5-19(21)15-24(32)17-7-9-18(10-8-17)25(29)31-13-3-4-14-31/h1-2,5-12,16,29H,3-4,13-15H2,(H,30,33). The molecule has 4 rings (SSSR count). The normalized spacial score (nSPS) is 13.1. The second kappa shape index (κ2) is 9.96. The van der Waals surface area contributed by atoms with Crippen LogP contribution in [-0.4, -0.2) is 35.5 Å². The van der Waals surface area contributed by atoms with Gasteiger partial charge in [-0.05, 0) is 42.7 Å². The third-order valence-electron chi connectivity index (χ3n) is 5.69. The first-order valence-electron chi connectivity index (χ1n) is 10.7. The van der Waals surface area contributed by atoms with Crippen LogP contribution in [0.3, 0.4) is 0 Å². The molecule has 33 heavy (non-hydrogen) atoms. The van der Waals surface area contributed by atoms with Gasteiger partial charge in [0.25, 0.3) is 5.91 Å². The van der Waals surface area contributed by atoms with Crippen molar-refractivity contribution in [2.45, 2.75) is 19.3 Å². The molecule has 168 valence electrons. The van der Waals surface area contributed by atoms with E-state index in [-0.39, 0.29) is 22.9 Å². The van der Waals surface area contributed by atoms with Crippen molar-refractivity contribution in [1.29, 1.82) is 5.41 Å². The summed E-state index contributed by atoms with van der Waals surface area (Å²) in [6.45, 7) is 1.77. The van der Waals surface area contributed by atoms with E-state index < -0.39 is 11.7 Å². The fourth-order valence-corrected chi connectivity index (χ4v) is 4.05. The van der Waals surface area contributed by atoms with E-state index in [1.807, 2.05) is 4.90 Å². The zero-order chi connectivity index (χ0) is 23.4. The van der Waals surface area contributed by atoms with Crippen LogP contribution in [0, 0.1) is 11.2 Å². The molecule has 0 unspecified atom stereocenters. The number of rotatable bonds is 6. The number of benzene rings is 3. The fraction of sp³-hybridized carbons (Fsp3) is 0.192. The first kappa shape index (κ1) is 22.7. The number of nitrogens with zero attached hydrogens (tertiary/aromatic N) is 1. The molecule has 5 nitrogen and oxygen atoms in total. The van der Waals surface area contributed by atoms with Crippen molar-refractivity contribution in [3.8, 4) is 0 Å². The lowest BCUT2D eigenvalue weighted by Gasteiger charge is -2.18. The first-order valence-corrected chi connectivity index (χ1v) is 11.1. The zero-order valence-corrected chi connectivity index (χ0v) is 18.7. The third-order valence-corrected chi connectivity index (χ3v) is 5.93. The minimum atomic E-state index is -0.635. The second-order valence-corrected chi connectivity index (χ2v) is 8.39. The lowest BCUT2D eigenvalue weighted by Crippen LogP contribution is -2.27. The Kier molecular flexibility index (Phi) is 6.84. The highest BCUT2D eigenvalue weighted by molar-refractivity contribution is 6.30. The molecule has 0 aromatic heterocycles. The predicted octanol–water partition coefficient (Wildman–Crippen LogP) is 5.58. The smallest absolute Gasteiger partial charge is 0.256 e. The summed E-state index contributed by atoms with van der Waals surface area (Å²) in [5.41, 5.74) is 2.14. The van der Waals surface area contributed by atoms with Gasteiger partial charge in [-0.15, -0.1) is 0 Å². The van der Waals surface area contributed by atoms with E-state index in [4.69, 9.17) is 17.0 Å². The molecule has 0 spiro atoms. The predicted molar refractivity (Wildman–Crippen MR) is 128 cm³/mol. The summed E-state index contributed by atoms with van der Waals surface area (Å²) in [6.07, 6.45) is 2.21. The van der Waals surface area contributed by atoms with Crippen LogP contribution >= 0.6 is 11.6 Å². The maximum Gasteiger partial charge on any atom is 0.256 e. The number of Topliss-reactive ketones (excluding diaryl/α,β-unsaturated/α-hetero) is 1. The van der Waals surface area contributed by atoms with Gasteiger partial charge in [-0.3, -0.25) is 15.0 Å². The van der Waals surface area contributed by atoms with E-state index in [1.54, 1.807) is 48.5 Å². The van der Waals surface area contributed by atoms with Crippen LogP contribution in [0.25, 0.3) is 0 Å². The summed E-state index contributed by atoms with van der Waals surface area (Å²) >= 11 is 5.77. The zero-order valence-electron chi connectivity index (χ0n) is 17.9. The van der Waals surface area contributed by atoms with Crippen molar-refractivity contribution in [2.75, 3.05) is 18.4 Å². The molecule has 3 aromatic rings. The molecular formula is C26H23ClFN3O2. The number of amides is 1. The molecule has 1 saturated heterocycles. The molecule has 0 radical (unpaired) electrons. The SMILES string of the molecule is N=C(c1ccc(C(=O)Cc2ccccc2C(=O)Nc2ccc(Cl)cc2F)cc1)N1CCCC1. The minimum Gasteiger partial charge on any atom is -0.357 e. The molecule has 0 bridgehead atoms. The maximum atomic E-state index is 14.1. The van der Waals surface area contributed by atoms with Gasteiger partial charge in [0.1, 0.15) is 11.7 Å². The van der Waals surface area contributed by atoms with Crippen molar-refractivity contribution in [3.05, 3.63) is 99.8 Å². The summed E-state index contributed by atoms with van der Waals surface area (Å²) in [5.74, 6) is -0.812. The summed E-state index contributed by atoms with van der Waals surface area (Å²) < 4.78 is 14.1. The topological polar surface area (TPSA) is 73.3 Å². The lowest BCUT2D eigenvalue weighted by atomic mass is 9.97. The Bertz CT molecular complexity index is 1200. The molecule has 0 saturated carbocycles.